The molecule has 1 aromatic carbocycles. The predicted octanol–water partition coefficient (Wildman–Crippen LogP) is 2.70. The summed E-state index contributed by atoms with van der Waals surface area (Å²) in [6.07, 6.45) is 5.25. The third-order valence-electron chi connectivity index (χ3n) is 3.31. The molecule has 0 saturated carbocycles. The van der Waals surface area contributed by atoms with Gasteiger partial charge >= 0.3 is 5.97 Å². The molecule has 0 unspecified atom stereocenters. The van der Waals surface area contributed by atoms with E-state index in [1.807, 2.05) is 24.3 Å². The molecule has 1 aromatic heterocycles. The molecule has 0 amide bonds. The minimum atomic E-state index is -0.987. The minimum absolute atomic E-state index is 0.100. The number of anilines is 1. The Morgan fingerprint density at radius 3 is 2.84 bits per heavy atom. The van der Waals surface area contributed by atoms with E-state index >= 15 is 0 Å². The van der Waals surface area contributed by atoms with Crippen LogP contribution in [-0.4, -0.2) is 29.1 Å². The van der Waals surface area contributed by atoms with Gasteiger partial charge in [0.15, 0.2) is 5.69 Å². The second-order valence-corrected chi connectivity index (χ2v) is 4.56. The summed E-state index contributed by atoms with van der Waals surface area (Å²) in [5.74, 6) is -0.987. The highest BCUT2D eigenvalue weighted by Crippen LogP contribution is 2.28. The standard InChI is InChI=1S/C15H14N2O2/c18-15(19)13-10-14(17-8-4-1-5-9-17)11-6-2-3-7-12(11)16-13/h1-4,6-7,10H,5,8-9H2,(H,18,19). The first-order valence-electron chi connectivity index (χ1n) is 6.29. The molecule has 0 spiro atoms. The van der Waals surface area contributed by atoms with Crippen LogP contribution in [0.2, 0.25) is 0 Å². The lowest BCUT2D eigenvalue weighted by molar-refractivity contribution is 0.0691. The van der Waals surface area contributed by atoms with Crippen LogP contribution in [0.1, 0.15) is 16.9 Å². The Morgan fingerprint density at radius 2 is 2.11 bits per heavy atom. The molecule has 0 aliphatic carbocycles. The number of aromatic carboxylic acids is 1. The van der Waals surface area contributed by atoms with Gasteiger partial charge in [0, 0.05) is 24.2 Å². The average Bonchev–Trinajstić information content (AvgIpc) is 2.47. The average molecular weight is 254 g/mol. The molecule has 1 N–H and O–H groups in total. The van der Waals surface area contributed by atoms with Gasteiger partial charge in [-0.15, -0.1) is 0 Å². The van der Waals surface area contributed by atoms with Crippen molar-refractivity contribution >= 4 is 22.6 Å². The smallest absolute Gasteiger partial charge is 0.354 e. The second-order valence-electron chi connectivity index (χ2n) is 4.56. The van der Waals surface area contributed by atoms with Crippen molar-refractivity contribution in [2.45, 2.75) is 6.42 Å². The highest BCUT2D eigenvalue weighted by Gasteiger charge is 2.15. The van der Waals surface area contributed by atoms with Crippen molar-refractivity contribution in [3.05, 3.63) is 48.2 Å². The molecule has 0 bridgehead atoms. The lowest BCUT2D eigenvalue weighted by Crippen LogP contribution is -2.27. The summed E-state index contributed by atoms with van der Waals surface area (Å²) in [5.41, 5.74) is 1.78. The summed E-state index contributed by atoms with van der Waals surface area (Å²) in [4.78, 5) is 17.6. The summed E-state index contributed by atoms with van der Waals surface area (Å²) in [7, 11) is 0. The SMILES string of the molecule is O=C(O)c1cc(N2CC=CCC2)c2ccccc2n1. The van der Waals surface area contributed by atoms with E-state index in [1.165, 1.54) is 0 Å². The first kappa shape index (κ1) is 11.7. The van der Waals surface area contributed by atoms with Gasteiger partial charge in [0.05, 0.1) is 5.52 Å². The molecule has 4 heteroatoms. The maximum atomic E-state index is 11.2. The topological polar surface area (TPSA) is 53.4 Å². The zero-order chi connectivity index (χ0) is 13.2. The summed E-state index contributed by atoms with van der Waals surface area (Å²) in [6.45, 7) is 1.72. The van der Waals surface area contributed by atoms with E-state index in [4.69, 9.17) is 0 Å². The number of hydrogen-bond donors (Lipinski definition) is 1. The molecule has 4 nitrogen and oxygen atoms in total. The van der Waals surface area contributed by atoms with Gasteiger partial charge in [-0.1, -0.05) is 30.4 Å². The van der Waals surface area contributed by atoms with Gasteiger partial charge in [-0.2, -0.15) is 0 Å². The highest BCUT2D eigenvalue weighted by atomic mass is 16.4. The molecular weight excluding hydrogens is 240 g/mol. The molecule has 0 radical (unpaired) electrons. The van der Waals surface area contributed by atoms with Crippen LogP contribution in [0.5, 0.6) is 0 Å². The van der Waals surface area contributed by atoms with Crippen molar-refractivity contribution in [2.75, 3.05) is 18.0 Å². The Bertz CT molecular complexity index is 664. The number of nitrogens with zero attached hydrogens (tertiary/aromatic N) is 2. The predicted molar refractivity (Wildman–Crippen MR) is 74.7 cm³/mol. The van der Waals surface area contributed by atoms with Crippen LogP contribution < -0.4 is 4.90 Å². The van der Waals surface area contributed by atoms with Gasteiger partial charge in [0.25, 0.3) is 0 Å². The second kappa shape index (κ2) is 4.72. The molecule has 19 heavy (non-hydrogen) atoms. The summed E-state index contributed by atoms with van der Waals surface area (Å²) in [6, 6.07) is 9.34. The summed E-state index contributed by atoms with van der Waals surface area (Å²) in [5, 5.41) is 10.2. The molecule has 2 heterocycles. The van der Waals surface area contributed by atoms with Crippen molar-refractivity contribution in [1.29, 1.82) is 0 Å². The number of benzene rings is 1. The van der Waals surface area contributed by atoms with Crippen molar-refractivity contribution in [3.8, 4) is 0 Å². The molecule has 0 saturated heterocycles. The van der Waals surface area contributed by atoms with Gasteiger partial charge in [-0.3, -0.25) is 0 Å². The number of carbonyl (C=O) groups is 1. The van der Waals surface area contributed by atoms with Crippen LogP contribution in [0.25, 0.3) is 10.9 Å². The van der Waals surface area contributed by atoms with Crippen LogP contribution in [0.4, 0.5) is 5.69 Å². The van der Waals surface area contributed by atoms with Crippen LogP contribution in [-0.2, 0) is 0 Å². The van der Waals surface area contributed by atoms with E-state index < -0.39 is 5.97 Å². The Labute approximate surface area is 111 Å². The molecule has 3 rings (SSSR count). The van der Waals surface area contributed by atoms with E-state index in [-0.39, 0.29) is 5.69 Å². The fraction of sp³-hybridized carbons (Fsp3) is 0.200. The van der Waals surface area contributed by atoms with E-state index in [9.17, 15) is 9.90 Å². The third-order valence-corrected chi connectivity index (χ3v) is 3.31. The van der Waals surface area contributed by atoms with Crippen LogP contribution in [0.15, 0.2) is 42.5 Å². The largest absolute Gasteiger partial charge is 0.477 e. The first-order chi connectivity index (χ1) is 9.25. The number of pyridine rings is 1. The molecule has 0 atom stereocenters. The molecule has 0 fully saturated rings. The maximum Gasteiger partial charge on any atom is 0.354 e. The van der Waals surface area contributed by atoms with Crippen molar-refractivity contribution in [3.63, 3.8) is 0 Å². The van der Waals surface area contributed by atoms with Crippen LogP contribution >= 0.6 is 0 Å². The summed E-state index contributed by atoms with van der Waals surface area (Å²) < 4.78 is 0. The van der Waals surface area contributed by atoms with E-state index in [0.717, 1.165) is 36.1 Å². The van der Waals surface area contributed by atoms with Crippen LogP contribution in [0, 0.1) is 0 Å². The van der Waals surface area contributed by atoms with Crippen LogP contribution in [0.3, 0.4) is 0 Å². The van der Waals surface area contributed by atoms with E-state index in [0.29, 0.717) is 0 Å². The van der Waals surface area contributed by atoms with Gasteiger partial charge < -0.3 is 10.0 Å². The Balaban J connectivity index is 2.19. The van der Waals surface area contributed by atoms with Gasteiger partial charge in [0.1, 0.15) is 0 Å². The lowest BCUT2D eigenvalue weighted by atomic mass is 10.1. The number of carboxylic acid groups (broad SMARTS) is 1. The van der Waals surface area contributed by atoms with Crippen molar-refractivity contribution in [1.82, 2.24) is 4.98 Å². The fourth-order valence-corrected chi connectivity index (χ4v) is 2.39. The number of para-hydroxylation sites is 1. The third kappa shape index (κ3) is 2.17. The number of fused-ring (bicyclic) bond motifs is 1. The highest BCUT2D eigenvalue weighted by molar-refractivity contribution is 5.97. The van der Waals surface area contributed by atoms with Gasteiger partial charge in [-0.05, 0) is 18.6 Å². The first-order valence-corrected chi connectivity index (χ1v) is 6.29. The van der Waals surface area contributed by atoms with E-state index in [2.05, 4.69) is 22.0 Å². The fourth-order valence-electron chi connectivity index (χ4n) is 2.39. The lowest BCUT2D eigenvalue weighted by Gasteiger charge is -2.27. The number of rotatable bonds is 2. The zero-order valence-electron chi connectivity index (χ0n) is 10.4. The Kier molecular flexibility index (Phi) is 2.91. The minimum Gasteiger partial charge on any atom is -0.477 e. The van der Waals surface area contributed by atoms with Gasteiger partial charge in [0.2, 0.25) is 0 Å². The molecule has 2 aromatic rings. The molecule has 96 valence electrons. The molecule has 1 aliphatic rings. The Morgan fingerprint density at radius 1 is 1.26 bits per heavy atom. The number of hydrogen-bond acceptors (Lipinski definition) is 3. The number of aromatic nitrogens is 1. The summed E-state index contributed by atoms with van der Waals surface area (Å²) >= 11 is 0. The van der Waals surface area contributed by atoms with E-state index in [1.54, 1.807) is 6.07 Å². The molecule has 1 aliphatic heterocycles. The zero-order valence-corrected chi connectivity index (χ0v) is 10.4. The number of carboxylic acids is 1. The van der Waals surface area contributed by atoms with Crippen molar-refractivity contribution in [2.24, 2.45) is 0 Å². The quantitative estimate of drug-likeness (QED) is 0.837. The molecular formula is C15H14N2O2. The maximum absolute atomic E-state index is 11.2. The monoisotopic (exact) mass is 254 g/mol. The Hall–Kier alpha value is -2.36. The normalized spacial score (nSPS) is 14.8. The van der Waals surface area contributed by atoms with Crippen molar-refractivity contribution < 1.29 is 9.90 Å². The van der Waals surface area contributed by atoms with Gasteiger partial charge in [-0.25, -0.2) is 9.78 Å².